The van der Waals surface area contributed by atoms with Crippen LogP contribution in [0.1, 0.15) is 62.9 Å². The second kappa shape index (κ2) is 8.02. The van der Waals surface area contributed by atoms with Gasteiger partial charge in [0.1, 0.15) is 5.69 Å². The van der Waals surface area contributed by atoms with Crippen LogP contribution in [0.2, 0.25) is 0 Å². The fourth-order valence-corrected chi connectivity index (χ4v) is 3.77. The summed E-state index contributed by atoms with van der Waals surface area (Å²) in [5.74, 6) is 1.01. The molecule has 1 aliphatic heterocycles. The molecule has 1 unspecified atom stereocenters. The second-order valence-electron chi connectivity index (χ2n) is 6.11. The average Bonchev–Trinajstić information content (AvgIpc) is 2.68. The van der Waals surface area contributed by atoms with Gasteiger partial charge in [0, 0.05) is 30.3 Å². The van der Waals surface area contributed by atoms with Crippen molar-refractivity contribution in [3.63, 3.8) is 0 Å². The number of carbonyl (C=O) groups excluding carboxylic acids is 1. The number of hydrogen-bond acceptors (Lipinski definition) is 1. The standard InChI is InChI=1S/C17H27BrN2O/c1-3-6-14-7-5-10-19(11-8-14)17(21)16-12-15(18)13-20(16)9-4-2/h12-14H,3-11H2,1-2H3. The van der Waals surface area contributed by atoms with Crippen molar-refractivity contribution in [3.05, 3.63) is 22.4 Å². The fraction of sp³-hybridized carbons (Fsp3) is 0.706. The van der Waals surface area contributed by atoms with Gasteiger partial charge in [-0.1, -0.05) is 26.7 Å². The first-order valence-corrected chi connectivity index (χ1v) is 9.10. The molecule has 2 heterocycles. The smallest absolute Gasteiger partial charge is 0.270 e. The van der Waals surface area contributed by atoms with E-state index in [1.807, 2.05) is 12.3 Å². The Kier molecular flexibility index (Phi) is 6.34. The van der Waals surface area contributed by atoms with Gasteiger partial charge in [-0.15, -0.1) is 0 Å². The van der Waals surface area contributed by atoms with Crippen molar-refractivity contribution in [1.82, 2.24) is 9.47 Å². The normalized spacial score (nSPS) is 19.6. The maximum Gasteiger partial charge on any atom is 0.270 e. The van der Waals surface area contributed by atoms with E-state index in [1.54, 1.807) is 0 Å². The molecule has 1 saturated heterocycles. The molecule has 0 bridgehead atoms. The van der Waals surface area contributed by atoms with Gasteiger partial charge in [0.25, 0.3) is 5.91 Å². The minimum Gasteiger partial charge on any atom is -0.342 e. The second-order valence-corrected chi connectivity index (χ2v) is 7.03. The summed E-state index contributed by atoms with van der Waals surface area (Å²) in [7, 11) is 0. The van der Waals surface area contributed by atoms with Gasteiger partial charge in [-0.3, -0.25) is 4.79 Å². The number of aryl methyl sites for hydroxylation is 1. The third-order valence-electron chi connectivity index (χ3n) is 4.38. The van der Waals surface area contributed by atoms with Gasteiger partial charge in [0.15, 0.2) is 0 Å². The summed E-state index contributed by atoms with van der Waals surface area (Å²) in [5.41, 5.74) is 0.831. The summed E-state index contributed by atoms with van der Waals surface area (Å²) in [4.78, 5) is 14.9. The molecular formula is C17H27BrN2O. The maximum absolute atomic E-state index is 12.8. The number of nitrogens with zero attached hydrogens (tertiary/aromatic N) is 2. The lowest BCUT2D eigenvalue weighted by Gasteiger charge is -2.21. The molecule has 1 aliphatic rings. The highest BCUT2D eigenvalue weighted by Crippen LogP contribution is 2.24. The van der Waals surface area contributed by atoms with E-state index in [-0.39, 0.29) is 5.91 Å². The molecule has 2 rings (SSSR count). The van der Waals surface area contributed by atoms with Crippen molar-refractivity contribution < 1.29 is 4.79 Å². The van der Waals surface area contributed by atoms with Gasteiger partial charge in [-0.2, -0.15) is 0 Å². The lowest BCUT2D eigenvalue weighted by atomic mass is 9.96. The molecule has 1 fully saturated rings. The van der Waals surface area contributed by atoms with E-state index in [1.165, 1.54) is 19.3 Å². The van der Waals surface area contributed by atoms with Crippen LogP contribution in [0.15, 0.2) is 16.7 Å². The Bertz CT molecular complexity index is 469. The molecule has 1 aromatic heterocycles. The van der Waals surface area contributed by atoms with E-state index in [0.29, 0.717) is 0 Å². The number of carbonyl (C=O) groups is 1. The predicted molar refractivity (Wildman–Crippen MR) is 90.6 cm³/mol. The van der Waals surface area contributed by atoms with Gasteiger partial charge < -0.3 is 9.47 Å². The van der Waals surface area contributed by atoms with Crippen LogP contribution in [0.4, 0.5) is 0 Å². The lowest BCUT2D eigenvalue weighted by molar-refractivity contribution is 0.0749. The van der Waals surface area contributed by atoms with Gasteiger partial charge in [-0.25, -0.2) is 0 Å². The SMILES string of the molecule is CCCC1CCCN(C(=O)c2cc(Br)cn2CCC)CC1. The van der Waals surface area contributed by atoms with Crippen LogP contribution in [0.25, 0.3) is 0 Å². The zero-order valence-corrected chi connectivity index (χ0v) is 14.9. The minimum absolute atomic E-state index is 0.200. The molecule has 3 nitrogen and oxygen atoms in total. The van der Waals surface area contributed by atoms with Gasteiger partial charge in [0.05, 0.1) is 0 Å². The Balaban J connectivity index is 2.05. The molecule has 1 amide bonds. The molecular weight excluding hydrogens is 328 g/mol. The van der Waals surface area contributed by atoms with Crippen molar-refractivity contribution in [2.75, 3.05) is 13.1 Å². The first kappa shape index (κ1) is 16.6. The van der Waals surface area contributed by atoms with Gasteiger partial charge in [-0.05, 0) is 53.6 Å². The Labute approximate surface area is 136 Å². The third kappa shape index (κ3) is 4.35. The van der Waals surface area contributed by atoms with Crippen molar-refractivity contribution in [2.45, 2.75) is 58.9 Å². The molecule has 0 aromatic carbocycles. The zero-order chi connectivity index (χ0) is 15.2. The lowest BCUT2D eigenvalue weighted by Crippen LogP contribution is -2.33. The molecule has 21 heavy (non-hydrogen) atoms. The molecule has 0 N–H and O–H groups in total. The van der Waals surface area contributed by atoms with E-state index >= 15 is 0 Å². The molecule has 0 radical (unpaired) electrons. The summed E-state index contributed by atoms with van der Waals surface area (Å²) < 4.78 is 3.08. The van der Waals surface area contributed by atoms with E-state index in [0.717, 1.165) is 55.0 Å². The van der Waals surface area contributed by atoms with Gasteiger partial charge in [0.2, 0.25) is 0 Å². The summed E-state index contributed by atoms with van der Waals surface area (Å²) >= 11 is 3.50. The van der Waals surface area contributed by atoms with Crippen LogP contribution in [0, 0.1) is 5.92 Å². The van der Waals surface area contributed by atoms with Crippen LogP contribution in [-0.2, 0) is 6.54 Å². The maximum atomic E-state index is 12.8. The van der Waals surface area contributed by atoms with Crippen LogP contribution >= 0.6 is 15.9 Å². The van der Waals surface area contributed by atoms with Crippen LogP contribution in [-0.4, -0.2) is 28.5 Å². The molecule has 1 aromatic rings. The Morgan fingerprint density at radius 2 is 2.10 bits per heavy atom. The van der Waals surface area contributed by atoms with Crippen LogP contribution in [0.5, 0.6) is 0 Å². The summed E-state index contributed by atoms with van der Waals surface area (Å²) in [6.45, 7) is 7.12. The van der Waals surface area contributed by atoms with Crippen molar-refractivity contribution in [3.8, 4) is 0 Å². The Hall–Kier alpha value is -0.770. The fourth-order valence-electron chi connectivity index (χ4n) is 3.31. The number of aromatic nitrogens is 1. The van der Waals surface area contributed by atoms with Crippen LogP contribution < -0.4 is 0 Å². The first-order chi connectivity index (χ1) is 10.2. The number of hydrogen-bond donors (Lipinski definition) is 0. The minimum atomic E-state index is 0.200. The Morgan fingerprint density at radius 1 is 1.29 bits per heavy atom. The quantitative estimate of drug-likeness (QED) is 0.751. The largest absolute Gasteiger partial charge is 0.342 e. The highest BCUT2D eigenvalue weighted by atomic mass is 79.9. The number of likely N-dealkylation sites (tertiary alicyclic amines) is 1. The molecule has 0 spiro atoms. The number of amides is 1. The summed E-state index contributed by atoms with van der Waals surface area (Å²) in [6, 6.07) is 1.96. The highest BCUT2D eigenvalue weighted by molar-refractivity contribution is 9.10. The molecule has 0 aliphatic carbocycles. The summed E-state index contributed by atoms with van der Waals surface area (Å²) in [5, 5.41) is 0. The van der Waals surface area contributed by atoms with Crippen LogP contribution in [0.3, 0.4) is 0 Å². The van der Waals surface area contributed by atoms with Crippen molar-refractivity contribution >= 4 is 21.8 Å². The van der Waals surface area contributed by atoms with E-state index in [2.05, 4.69) is 39.2 Å². The van der Waals surface area contributed by atoms with Crippen molar-refractivity contribution in [2.24, 2.45) is 5.92 Å². The average molecular weight is 355 g/mol. The predicted octanol–water partition coefficient (Wildman–Crippen LogP) is 4.70. The van der Waals surface area contributed by atoms with Crippen molar-refractivity contribution in [1.29, 1.82) is 0 Å². The number of halogens is 1. The first-order valence-electron chi connectivity index (χ1n) is 8.30. The zero-order valence-electron chi connectivity index (χ0n) is 13.3. The van der Waals surface area contributed by atoms with Gasteiger partial charge >= 0.3 is 0 Å². The van der Waals surface area contributed by atoms with E-state index in [9.17, 15) is 4.79 Å². The summed E-state index contributed by atoms with van der Waals surface area (Å²) in [6.07, 6.45) is 9.21. The molecule has 1 atom stereocenters. The Morgan fingerprint density at radius 3 is 2.81 bits per heavy atom. The molecule has 4 heteroatoms. The molecule has 118 valence electrons. The third-order valence-corrected chi connectivity index (χ3v) is 4.81. The van der Waals surface area contributed by atoms with E-state index < -0.39 is 0 Å². The monoisotopic (exact) mass is 354 g/mol. The highest BCUT2D eigenvalue weighted by Gasteiger charge is 2.23. The van der Waals surface area contributed by atoms with E-state index in [4.69, 9.17) is 0 Å². The topological polar surface area (TPSA) is 25.2 Å². The molecule has 0 saturated carbocycles. The number of rotatable bonds is 5.